The lowest BCUT2D eigenvalue weighted by atomic mass is 10.3. The molecular weight excluding hydrogens is 252 g/mol. The van der Waals surface area contributed by atoms with Crippen molar-refractivity contribution in [2.75, 3.05) is 11.1 Å². The molecule has 0 aliphatic heterocycles. The Balaban J connectivity index is 1.89. The van der Waals surface area contributed by atoms with Crippen molar-refractivity contribution in [3.8, 4) is 0 Å². The standard InChI is InChI=1S/C11H12N4O2S/c1-15-10(17)13-14-11(15)18-7-9(16)12-8-5-3-2-4-6-8/h2-6H,7H2,1H3,(H,12,16)(H,13,17). The van der Waals surface area contributed by atoms with Gasteiger partial charge in [0.25, 0.3) is 0 Å². The fraction of sp³-hybridized carbons (Fsp3) is 0.182. The summed E-state index contributed by atoms with van der Waals surface area (Å²) in [6, 6.07) is 9.20. The second kappa shape index (κ2) is 5.54. The van der Waals surface area contributed by atoms with E-state index >= 15 is 0 Å². The molecule has 0 aliphatic rings. The average Bonchev–Trinajstić information content (AvgIpc) is 2.69. The molecule has 2 N–H and O–H groups in total. The van der Waals surface area contributed by atoms with Crippen LogP contribution >= 0.6 is 11.8 Å². The van der Waals surface area contributed by atoms with Gasteiger partial charge in [-0.15, -0.1) is 5.10 Å². The number of hydrogen-bond acceptors (Lipinski definition) is 4. The fourth-order valence-electron chi connectivity index (χ4n) is 1.31. The summed E-state index contributed by atoms with van der Waals surface area (Å²) in [5.74, 6) is 0.0641. The summed E-state index contributed by atoms with van der Waals surface area (Å²) in [7, 11) is 1.60. The van der Waals surface area contributed by atoms with Crippen LogP contribution < -0.4 is 11.0 Å². The molecule has 0 fully saturated rings. The van der Waals surface area contributed by atoms with E-state index in [1.165, 1.54) is 16.3 Å². The van der Waals surface area contributed by atoms with Gasteiger partial charge in [-0.2, -0.15) is 0 Å². The number of rotatable bonds is 4. The molecule has 0 bridgehead atoms. The Hall–Kier alpha value is -2.02. The van der Waals surface area contributed by atoms with E-state index in [4.69, 9.17) is 0 Å². The van der Waals surface area contributed by atoms with Crippen molar-refractivity contribution in [3.05, 3.63) is 40.8 Å². The highest BCUT2D eigenvalue weighted by Crippen LogP contribution is 2.12. The van der Waals surface area contributed by atoms with Gasteiger partial charge in [-0.05, 0) is 12.1 Å². The smallest absolute Gasteiger partial charge is 0.325 e. The molecule has 0 unspecified atom stereocenters. The van der Waals surface area contributed by atoms with Crippen LogP contribution in [0.15, 0.2) is 40.3 Å². The van der Waals surface area contributed by atoms with Crippen LogP contribution in [0.5, 0.6) is 0 Å². The quantitative estimate of drug-likeness (QED) is 0.802. The van der Waals surface area contributed by atoms with Gasteiger partial charge >= 0.3 is 5.69 Å². The van der Waals surface area contributed by atoms with Crippen LogP contribution in [-0.4, -0.2) is 26.4 Å². The first-order valence-corrected chi connectivity index (χ1v) is 6.24. The predicted octanol–water partition coefficient (Wildman–Crippen LogP) is 0.839. The summed E-state index contributed by atoms with van der Waals surface area (Å²) in [5.41, 5.74) is 0.458. The number of H-pyrrole nitrogens is 1. The SMILES string of the molecule is Cn1c(SCC(=O)Nc2ccccc2)n[nH]c1=O. The second-order valence-electron chi connectivity index (χ2n) is 3.57. The summed E-state index contributed by atoms with van der Waals surface area (Å²) < 4.78 is 1.36. The fourth-order valence-corrected chi connectivity index (χ4v) is 2.03. The Bertz CT molecular complexity index is 591. The molecule has 94 valence electrons. The summed E-state index contributed by atoms with van der Waals surface area (Å²) in [6.07, 6.45) is 0. The monoisotopic (exact) mass is 264 g/mol. The van der Waals surface area contributed by atoms with E-state index in [9.17, 15) is 9.59 Å². The molecule has 0 saturated carbocycles. The van der Waals surface area contributed by atoms with Gasteiger partial charge in [0.1, 0.15) is 0 Å². The van der Waals surface area contributed by atoms with Crippen molar-refractivity contribution in [2.45, 2.75) is 5.16 Å². The number of para-hydroxylation sites is 1. The molecule has 18 heavy (non-hydrogen) atoms. The van der Waals surface area contributed by atoms with E-state index < -0.39 is 0 Å². The maximum atomic E-state index is 11.6. The molecule has 1 heterocycles. The number of nitrogens with zero attached hydrogens (tertiary/aromatic N) is 2. The molecule has 1 aromatic heterocycles. The first-order valence-electron chi connectivity index (χ1n) is 5.26. The highest BCUT2D eigenvalue weighted by atomic mass is 32.2. The van der Waals surface area contributed by atoms with E-state index in [1.54, 1.807) is 7.05 Å². The number of nitrogens with one attached hydrogen (secondary N) is 2. The third-order valence-electron chi connectivity index (χ3n) is 2.23. The number of hydrogen-bond donors (Lipinski definition) is 2. The topological polar surface area (TPSA) is 79.8 Å². The number of thioether (sulfide) groups is 1. The van der Waals surface area contributed by atoms with Gasteiger partial charge in [0, 0.05) is 12.7 Å². The van der Waals surface area contributed by atoms with Crippen LogP contribution in [0.3, 0.4) is 0 Å². The predicted molar refractivity (Wildman–Crippen MR) is 69.6 cm³/mol. The first-order chi connectivity index (χ1) is 8.66. The zero-order valence-corrected chi connectivity index (χ0v) is 10.5. The van der Waals surface area contributed by atoms with E-state index in [0.717, 1.165) is 5.69 Å². The van der Waals surface area contributed by atoms with Crippen LogP contribution in [-0.2, 0) is 11.8 Å². The van der Waals surface area contributed by atoms with Gasteiger partial charge in [0.05, 0.1) is 5.75 Å². The van der Waals surface area contributed by atoms with Gasteiger partial charge < -0.3 is 5.32 Å². The Morgan fingerprint density at radius 1 is 1.44 bits per heavy atom. The summed E-state index contributed by atoms with van der Waals surface area (Å²) in [5, 5.41) is 9.36. The lowest BCUT2D eigenvalue weighted by Gasteiger charge is -2.03. The zero-order chi connectivity index (χ0) is 13.0. The van der Waals surface area contributed by atoms with Crippen LogP contribution in [0.1, 0.15) is 0 Å². The number of aromatic nitrogens is 3. The Labute approximate surface area is 107 Å². The van der Waals surface area contributed by atoms with E-state index in [2.05, 4.69) is 15.5 Å². The van der Waals surface area contributed by atoms with Crippen LogP contribution in [0.4, 0.5) is 5.69 Å². The molecule has 0 spiro atoms. The zero-order valence-electron chi connectivity index (χ0n) is 9.71. The highest BCUT2D eigenvalue weighted by Gasteiger charge is 2.08. The van der Waals surface area contributed by atoms with Crippen molar-refractivity contribution in [3.63, 3.8) is 0 Å². The number of carbonyl (C=O) groups excluding carboxylic acids is 1. The van der Waals surface area contributed by atoms with Gasteiger partial charge in [0.2, 0.25) is 5.91 Å². The molecule has 6 nitrogen and oxygen atoms in total. The van der Waals surface area contributed by atoms with Crippen LogP contribution in [0.25, 0.3) is 0 Å². The van der Waals surface area contributed by atoms with Crippen molar-refractivity contribution < 1.29 is 4.79 Å². The van der Waals surface area contributed by atoms with Crippen LogP contribution in [0, 0.1) is 0 Å². The minimum atomic E-state index is -0.291. The summed E-state index contributed by atoms with van der Waals surface area (Å²) in [6.45, 7) is 0. The number of amides is 1. The van der Waals surface area contributed by atoms with E-state index in [1.807, 2.05) is 30.3 Å². The maximum Gasteiger partial charge on any atom is 0.343 e. The number of anilines is 1. The number of benzene rings is 1. The molecule has 0 aliphatic carbocycles. The number of aromatic amines is 1. The molecule has 0 saturated heterocycles. The lowest BCUT2D eigenvalue weighted by molar-refractivity contribution is -0.113. The largest absolute Gasteiger partial charge is 0.343 e. The molecule has 2 rings (SSSR count). The molecule has 2 aromatic rings. The Morgan fingerprint density at radius 3 is 2.78 bits per heavy atom. The van der Waals surface area contributed by atoms with Gasteiger partial charge in [-0.3, -0.25) is 9.36 Å². The third-order valence-corrected chi connectivity index (χ3v) is 3.26. The first kappa shape index (κ1) is 12.4. The van der Waals surface area contributed by atoms with Crippen molar-refractivity contribution >= 4 is 23.4 Å². The van der Waals surface area contributed by atoms with Gasteiger partial charge in [-0.1, -0.05) is 30.0 Å². The number of carbonyl (C=O) groups is 1. The molecular formula is C11H12N4O2S. The van der Waals surface area contributed by atoms with Gasteiger partial charge in [-0.25, -0.2) is 9.89 Å². The average molecular weight is 264 g/mol. The second-order valence-corrected chi connectivity index (χ2v) is 4.52. The highest BCUT2D eigenvalue weighted by molar-refractivity contribution is 7.99. The molecule has 7 heteroatoms. The van der Waals surface area contributed by atoms with Gasteiger partial charge in [0.15, 0.2) is 5.16 Å². The molecule has 1 amide bonds. The van der Waals surface area contributed by atoms with Crippen molar-refractivity contribution in [1.82, 2.24) is 14.8 Å². The maximum absolute atomic E-state index is 11.6. The normalized spacial score (nSPS) is 10.3. The van der Waals surface area contributed by atoms with E-state index in [0.29, 0.717) is 5.16 Å². The van der Waals surface area contributed by atoms with Crippen LogP contribution in [0.2, 0.25) is 0 Å². The minimum Gasteiger partial charge on any atom is -0.325 e. The summed E-state index contributed by atoms with van der Waals surface area (Å²) >= 11 is 1.20. The van der Waals surface area contributed by atoms with Crippen molar-refractivity contribution in [1.29, 1.82) is 0 Å². The van der Waals surface area contributed by atoms with Crippen molar-refractivity contribution in [2.24, 2.45) is 7.05 Å². The van der Waals surface area contributed by atoms with E-state index in [-0.39, 0.29) is 17.3 Å². The third kappa shape index (κ3) is 3.01. The molecule has 0 radical (unpaired) electrons. The molecule has 0 atom stereocenters. The minimum absolute atomic E-state index is 0.137. The summed E-state index contributed by atoms with van der Waals surface area (Å²) in [4.78, 5) is 22.8. The lowest BCUT2D eigenvalue weighted by Crippen LogP contribution is -2.16. The Morgan fingerprint density at radius 2 is 2.17 bits per heavy atom. The molecule has 1 aromatic carbocycles. The Kier molecular flexibility index (Phi) is 3.83.